The molecule has 244 valence electrons. The molecule has 0 bridgehead atoms. The third-order valence-corrected chi connectivity index (χ3v) is 7.33. The molecular weight excluding hydrogens is 658 g/mol. The molecule has 0 unspecified atom stereocenters. The van der Waals surface area contributed by atoms with Gasteiger partial charge in [-0.1, -0.05) is 28.1 Å². The number of rotatable bonds is 7. The minimum absolute atomic E-state index is 0.0365. The van der Waals surface area contributed by atoms with Gasteiger partial charge in [0.1, 0.15) is 11.4 Å². The van der Waals surface area contributed by atoms with Crippen LogP contribution in [-0.4, -0.2) is 59.8 Å². The summed E-state index contributed by atoms with van der Waals surface area (Å²) in [4.78, 5) is 31.3. The first-order chi connectivity index (χ1) is 23.7. The monoisotopic (exact) mass is 679 g/mol. The van der Waals surface area contributed by atoms with Crippen molar-refractivity contribution < 1.29 is 13.8 Å². The number of furan rings is 2. The number of hydrogen-bond acceptors (Lipinski definition) is 16. The van der Waals surface area contributed by atoms with E-state index in [0.29, 0.717) is 68.2 Å². The third kappa shape index (κ3) is 6.23. The molecule has 20 heteroatoms. The Hall–Kier alpha value is -7.02. The maximum atomic E-state index is 10.9. The predicted octanol–water partition coefficient (Wildman–Crippen LogP) is 3.76. The van der Waals surface area contributed by atoms with Crippen LogP contribution in [0.4, 0.5) is 23.3 Å². The van der Waals surface area contributed by atoms with E-state index in [1.807, 2.05) is 6.07 Å². The van der Waals surface area contributed by atoms with E-state index in [2.05, 4.69) is 45.5 Å². The number of halogens is 1. The lowest BCUT2D eigenvalue weighted by molar-refractivity contribution is -0.385. The van der Waals surface area contributed by atoms with Gasteiger partial charge in [0.2, 0.25) is 11.9 Å². The summed E-state index contributed by atoms with van der Waals surface area (Å²) in [6.45, 7) is 0.568. The number of fused-ring (bicyclic) bond motifs is 2. The molecule has 0 saturated carbocycles. The summed E-state index contributed by atoms with van der Waals surface area (Å²) in [5, 5.41) is 27.8. The Bertz CT molecular complexity index is 2440. The number of benzene rings is 1. The average Bonchev–Trinajstić information content (AvgIpc) is 3.92. The molecule has 7 aromatic heterocycles. The largest absolute Gasteiger partial charge is 0.463 e. The quantitative estimate of drug-likeness (QED) is 0.123. The Morgan fingerprint density at radius 3 is 1.90 bits per heavy atom. The highest BCUT2D eigenvalue weighted by Gasteiger charge is 2.19. The summed E-state index contributed by atoms with van der Waals surface area (Å²) >= 11 is 5.95. The molecule has 0 aliphatic rings. The Morgan fingerprint density at radius 2 is 1.37 bits per heavy atom. The summed E-state index contributed by atoms with van der Waals surface area (Å²) in [6, 6.07) is 15.1. The summed E-state index contributed by atoms with van der Waals surface area (Å²) in [7, 11) is 0. The van der Waals surface area contributed by atoms with Crippen molar-refractivity contribution in [3.05, 3.63) is 99.7 Å². The lowest BCUT2D eigenvalue weighted by Crippen LogP contribution is -2.06. The number of nitrogen functional groups attached to an aromatic ring is 3. The van der Waals surface area contributed by atoms with E-state index in [1.54, 1.807) is 47.3 Å². The molecule has 0 aliphatic heterocycles. The zero-order chi connectivity index (χ0) is 34.1. The standard InChI is InChI=1S/C15H12ClN7O.C14H10N8O3/c16-9-4-3-8(6-10(9)17)7-23-14-13(21-22-23)12(19-15(18)20-14)11-2-1-5-24-11;15-14-17-11(10-2-1-5-25-10)12-13(18-14)21(20-19-12)7-8-6-9(22(23)24)3-4-16-8/h1-6H,7,17H2,(H2,18,19,20);1-6H,7H2,(H2,15,17,18). The second kappa shape index (κ2) is 12.6. The van der Waals surface area contributed by atoms with Crippen molar-refractivity contribution in [2.24, 2.45) is 0 Å². The topological polar surface area (TPSA) is 273 Å². The third-order valence-electron chi connectivity index (χ3n) is 6.98. The maximum absolute atomic E-state index is 10.9. The highest BCUT2D eigenvalue weighted by Crippen LogP contribution is 2.27. The predicted molar refractivity (Wildman–Crippen MR) is 175 cm³/mol. The number of nitrogens with two attached hydrogens (primary N) is 3. The van der Waals surface area contributed by atoms with Crippen LogP contribution in [0.3, 0.4) is 0 Å². The van der Waals surface area contributed by atoms with Gasteiger partial charge in [0.25, 0.3) is 5.69 Å². The SMILES string of the molecule is Nc1nc(-c2ccco2)c2nnn(Cc3cc([N+](=O)[O-])ccn3)c2n1.Nc1nc(-c2ccco2)c2nnn(Cc3ccc(Cl)c(N)c3)c2n1. The van der Waals surface area contributed by atoms with E-state index < -0.39 is 4.92 Å². The van der Waals surface area contributed by atoms with E-state index in [1.165, 1.54) is 29.3 Å². The minimum atomic E-state index is -0.486. The molecule has 8 aromatic rings. The molecule has 0 aliphatic carbocycles. The van der Waals surface area contributed by atoms with Crippen molar-refractivity contribution in [3.63, 3.8) is 0 Å². The number of anilines is 3. The molecular formula is C29H22ClN15O4. The molecule has 7 heterocycles. The molecule has 19 nitrogen and oxygen atoms in total. The molecule has 49 heavy (non-hydrogen) atoms. The average molecular weight is 680 g/mol. The van der Waals surface area contributed by atoms with Crippen molar-refractivity contribution in [2.75, 3.05) is 17.2 Å². The Balaban J connectivity index is 0.000000154. The number of aromatic nitrogens is 11. The number of pyridine rings is 1. The fourth-order valence-electron chi connectivity index (χ4n) is 4.81. The molecule has 1 aromatic carbocycles. The summed E-state index contributed by atoms with van der Waals surface area (Å²) in [5.74, 6) is 1.19. The first-order valence-electron chi connectivity index (χ1n) is 14.2. The van der Waals surface area contributed by atoms with Crippen LogP contribution in [0.1, 0.15) is 11.3 Å². The first kappa shape index (κ1) is 30.6. The van der Waals surface area contributed by atoms with Crippen molar-refractivity contribution in [2.45, 2.75) is 13.1 Å². The van der Waals surface area contributed by atoms with Crippen LogP contribution in [0.15, 0.2) is 82.2 Å². The van der Waals surface area contributed by atoms with Crippen LogP contribution in [0.2, 0.25) is 5.02 Å². The van der Waals surface area contributed by atoms with Gasteiger partial charge < -0.3 is 26.0 Å². The van der Waals surface area contributed by atoms with Gasteiger partial charge in [0, 0.05) is 18.3 Å². The normalized spacial score (nSPS) is 11.1. The second-order valence-corrected chi connectivity index (χ2v) is 10.7. The van der Waals surface area contributed by atoms with E-state index >= 15 is 0 Å². The Labute approximate surface area is 278 Å². The van der Waals surface area contributed by atoms with Crippen molar-refractivity contribution in [1.29, 1.82) is 0 Å². The van der Waals surface area contributed by atoms with Crippen molar-refractivity contribution in [3.8, 4) is 22.9 Å². The Morgan fingerprint density at radius 1 is 0.776 bits per heavy atom. The maximum Gasteiger partial charge on any atom is 0.272 e. The smallest absolute Gasteiger partial charge is 0.272 e. The zero-order valence-electron chi connectivity index (χ0n) is 25.0. The molecule has 0 fully saturated rings. The summed E-state index contributed by atoms with van der Waals surface area (Å²) < 4.78 is 13.8. The lowest BCUT2D eigenvalue weighted by atomic mass is 10.2. The van der Waals surface area contributed by atoms with Gasteiger partial charge in [-0.05, 0) is 42.0 Å². The summed E-state index contributed by atoms with van der Waals surface area (Å²) in [5.41, 5.74) is 22.0. The summed E-state index contributed by atoms with van der Waals surface area (Å²) in [6.07, 6.45) is 4.43. The number of hydrogen-bond donors (Lipinski definition) is 3. The van der Waals surface area contributed by atoms with E-state index in [0.717, 1.165) is 5.56 Å². The van der Waals surface area contributed by atoms with Crippen LogP contribution in [-0.2, 0) is 13.1 Å². The molecule has 0 saturated heterocycles. The number of nitro groups is 1. The lowest BCUT2D eigenvalue weighted by Gasteiger charge is -2.05. The van der Waals surface area contributed by atoms with Crippen LogP contribution in [0.5, 0.6) is 0 Å². The van der Waals surface area contributed by atoms with Crippen molar-refractivity contribution in [1.82, 2.24) is 54.9 Å². The number of nitrogens with zero attached hydrogens (tertiary/aromatic N) is 12. The molecule has 0 amide bonds. The highest BCUT2D eigenvalue weighted by atomic mass is 35.5. The van der Waals surface area contributed by atoms with Gasteiger partial charge >= 0.3 is 0 Å². The van der Waals surface area contributed by atoms with Crippen molar-refractivity contribution >= 4 is 57.2 Å². The molecule has 8 rings (SSSR count). The van der Waals surface area contributed by atoms with Gasteiger partial charge in [-0.25, -0.2) is 19.3 Å². The second-order valence-electron chi connectivity index (χ2n) is 10.3. The Kier molecular flexibility index (Phi) is 7.90. The minimum Gasteiger partial charge on any atom is -0.463 e. The van der Waals surface area contributed by atoms with Gasteiger partial charge in [0.05, 0.1) is 46.9 Å². The molecule has 0 atom stereocenters. The molecule has 0 spiro atoms. The molecule has 6 N–H and O–H groups in total. The molecule has 0 radical (unpaired) electrons. The van der Waals surface area contributed by atoms with Crippen LogP contribution in [0, 0.1) is 10.1 Å². The van der Waals surface area contributed by atoms with Gasteiger partial charge in [-0.15, -0.1) is 10.2 Å². The zero-order valence-corrected chi connectivity index (χ0v) is 25.7. The van der Waals surface area contributed by atoms with Gasteiger partial charge in [-0.2, -0.15) is 9.97 Å². The van der Waals surface area contributed by atoms with E-state index in [9.17, 15) is 10.1 Å². The fourth-order valence-corrected chi connectivity index (χ4v) is 4.93. The van der Waals surface area contributed by atoms with Gasteiger partial charge in [0.15, 0.2) is 33.8 Å². The van der Waals surface area contributed by atoms with Crippen LogP contribution < -0.4 is 17.2 Å². The van der Waals surface area contributed by atoms with Crippen LogP contribution >= 0.6 is 11.6 Å². The first-order valence-corrected chi connectivity index (χ1v) is 14.6. The van der Waals surface area contributed by atoms with E-state index in [-0.39, 0.29) is 24.1 Å². The van der Waals surface area contributed by atoms with E-state index in [4.69, 9.17) is 37.6 Å². The fraction of sp³-hybridized carbons (Fsp3) is 0.0690. The highest BCUT2D eigenvalue weighted by molar-refractivity contribution is 6.33. The van der Waals surface area contributed by atoms with Crippen LogP contribution in [0.25, 0.3) is 45.2 Å². The van der Waals surface area contributed by atoms with Gasteiger partial charge in [-0.3, -0.25) is 15.1 Å².